The Hall–Kier alpha value is -1.37. The molecule has 8 atom stereocenters. The number of unbranched alkanes of at least 4 members (excludes halogenated alkanes) is 22. The smallest absolute Gasteiger partial charge is 0.462 e. The maximum absolute atomic E-state index is 13.1. The second kappa shape index (κ2) is 37.4. The van der Waals surface area contributed by atoms with Gasteiger partial charge in [-0.2, -0.15) is 0 Å². The summed E-state index contributed by atoms with van der Waals surface area (Å²) in [5.41, 5.74) is 0. The van der Waals surface area contributed by atoms with Crippen molar-refractivity contribution in [3.05, 3.63) is 24.3 Å². The molecule has 0 aliphatic heterocycles. The lowest BCUT2D eigenvalue weighted by molar-refractivity contribution is -0.213. The number of carbonyl (C=O) groups is 2. The Bertz CT molecular complexity index is 1500. The fourth-order valence-corrected chi connectivity index (χ4v) is 9.61. The Morgan fingerprint density at radius 3 is 1.24 bits per heavy atom. The van der Waals surface area contributed by atoms with Crippen molar-refractivity contribution in [1.82, 2.24) is 0 Å². The fourth-order valence-electron chi connectivity index (χ4n) is 7.51. The first-order valence-corrected chi connectivity index (χ1v) is 29.2. The van der Waals surface area contributed by atoms with E-state index < -0.39 is 91.3 Å². The molecule has 0 heterocycles. The summed E-state index contributed by atoms with van der Waals surface area (Å²) in [6.07, 6.45) is 20.5. The standard InChI is InChI=1S/C45H85O19P3/c1-3-5-7-9-11-13-15-17-19-21-23-25-27-29-31-33-38(46)59-35-37(61-39(47)34-32-30-28-26-24-22-20-18-16-14-12-10-8-6-4-2)36-60-67(57,58)64-43-40(48)41(49)44(62-65(51,52)53)45(42(43)50)63-66(54,55)56/h17-20,37,40-45,48-50H,3-16,21-36H2,1-2H3,(H,57,58)(H2,51,52,53)(H2,54,55,56). The first kappa shape index (κ1) is 63.6. The van der Waals surface area contributed by atoms with E-state index in [0.29, 0.717) is 12.8 Å². The van der Waals surface area contributed by atoms with Gasteiger partial charge in [0, 0.05) is 12.8 Å². The summed E-state index contributed by atoms with van der Waals surface area (Å²) in [5, 5.41) is 31.9. The molecule has 0 spiro atoms. The molecule has 1 saturated carbocycles. The average molecular weight is 1020 g/mol. The SMILES string of the molecule is CCCCCCCCC=CCCCCCCCC(=O)OCC(COP(=O)(O)OC1C(O)C(O)C(OP(=O)(O)O)C(OP(=O)(O)O)C1O)OC(=O)CCCCCCCC=CCCCCCCCC. The Balaban J connectivity index is 2.73. The largest absolute Gasteiger partial charge is 0.472 e. The number of rotatable bonds is 42. The number of esters is 2. The van der Waals surface area contributed by atoms with Crippen LogP contribution in [-0.4, -0.2) is 108 Å². The molecule has 0 bridgehead atoms. The number of carbonyl (C=O) groups excluding carboxylic acids is 2. The highest BCUT2D eigenvalue weighted by atomic mass is 31.2. The third-order valence-corrected chi connectivity index (χ3v) is 13.3. The fraction of sp³-hybridized carbons (Fsp3) is 0.867. The molecule has 394 valence electrons. The zero-order chi connectivity index (χ0) is 50.0. The maximum Gasteiger partial charge on any atom is 0.472 e. The third-order valence-electron chi connectivity index (χ3n) is 11.2. The zero-order valence-electron chi connectivity index (χ0n) is 40.0. The van der Waals surface area contributed by atoms with E-state index in [1.165, 1.54) is 77.0 Å². The van der Waals surface area contributed by atoms with Crippen molar-refractivity contribution in [1.29, 1.82) is 0 Å². The van der Waals surface area contributed by atoms with Crippen LogP contribution < -0.4 is 0 Å². The van der Waals surface area contributed by atoms with Gasteiger partial charge in [0.25, 0.3) is 0 Å². The Labute approximate surface area is 398 Å². The normalized spacial score (nSPS) is 21.8. The molecule has 0 radical (unpaired) electrons. The van der Waals surface area contributed by atoms with Crippen molar-refractivity contribution in [3.8, 4) is 0 Å². The van der Waals surface area contributed by atoms with Crippen LogP contribution in [0, 0.1) is 0 Å². The van der Waals surface area contributed by atoms with Crippen molar-refractivity contribution < 1.29 is 90.6 Å². The van der Waals surface area contributed by atoms with Crippen LogP contribution in [0.4, 0.5) is 0 Å². The number of phosphoric acid groups is 3. The zero-order valence-corrected chi connectivity index (χ0v) is 42.7. The number of phosphoric ester groups is 3. The number of ether oxygens (including phenoxy) is 2. The molecule has 1 aliphatic carbocycles. The van der Waals surface area contributed by atoms with E-state index in [1.54, 1.807) is 0 Å². The second-order valence-electron chi connectivity index (χ2n) is 17.4. The predicted octanol–water partition coefficient (Wildman–Crippen LogP) is 9.07. The van der Waals surface area contributed by atoms with Crippen molar-refractivity contribution in [2.75, 3.05) is 13.2 Å². The summed E-state index contributed by atoms with van der Waals surface area (Å²) >= 11 is 0. The Morgan fingerprint density at radius 1 is 0.463 bits per heavy atom. The highest BCUT2D eigenvalue weighted by Gasteiger charge is 2.56. The van der Waals surface area contributed by atoms with E-state index in [1.807, 2.05) is 0 Å². The van der Waals surface area contributed by atoms with Crippen LogP contribution in [0.3, 0.4) is 0 Å². The van der Waals surface area contributed by atoms with Gasteiger partial charge in [0.1, 0.15) is 43.2 Å². The van der Waals surface area contributed by atoms with Gasteiger partial charge in [-0.25, -0.2) is 13.7 Å². The molecular formula is C45H85O19P3. The average Bonchev–Trinajstić information content (AvgIpc) is 3.25. The van der Waals surface area contributed by atoms with Gasteiger partial charge in [-0.05, 0) is 64.2 Å². The van der Waals surface area contributed by atoms with Gasteiger partial charge in [0.15, 0.2) is 6.10 Å². The monoisotopic (exact) mass is 1020 g/mol. The minimum absolute atomic E-state index is 0.0119. The molecule has 0 saturated heterocycles. The van der Waals surface area contributed by atoms with Gasteiger partial charge >= 0.3 is 35.4 Å². The van der Waals surface area contributed by atoms with Gasteiger partial charge in [-0.1, -0.05) is 141 Å². The van der Waals surface area contributed by atoms with E-state index in [2.05, 4.69) is 47.2 Å². The quantitative estimate of drug-likeness (QED) is 0.0122. The highest BCUT2D eigenvalue weighted by molar-refractivity contribution is 7.47. The molecule has 8 N–H and O–H groups in total. The molecule has 0 aromatic heterocycles. The molecule has 22 heteroatoms. The number of hydrogen-bond donors (Lipinski definition) is 8. The van der Waals surface area contributed by atoms with Crippen LogP contribution in [0.1, 0.15) is 194 Å². The topological polar surface area (TPSA) is 303 Å². The van der Waals surface area contributed by atoms with Gasteiger partial charge in [-0.15, -0.1) is 0 Å². The van der Waals surface area contributed by atoms with Gasteiger partial charge in [0.05, 0.1) is 6.61 Å². The summed E-state index contributed by atoms with van der Waals surface area (Å²) in [4.78, 5) is 73.2. The molecule has 19 nitrogen and oxygen atoms in total. The number of hydrogen-bond acceptors (Lipinski definition) is 14. The van der Waals surface area contributed by atoms with Crippen molar-refractivity contribution >= 4 is 35.4 Å². The molecule has 0 aromatic rings. The molecule has 1 rings (SSSR count). The van der Waals surface area contributed by atoms with Crippen LogP contribution >= 0.6 is 23.5 Å². The summed E-state index contributed by atoms with van der Waals surface area (Å²) in [6.45, 7) is 2.93. The van der Waals surface area contributed by atoms with E-state index in [9.17, 15) is 63.1 Å². The Kier molecular flexibility index (Phi) is 35.5. The summed E-state index contributed by atoms with van der Waals surface area (Å²) in [5.74, 6) is -1.31. The highest BCUT2D eigenvalue weighted by Crippen LogP contribution is 2.51. The predicted molar refractivity (Wildman–Crippen MR) is 252 cm³/mol. The molecule has 0 amide bonds. The first-order valence-electron chi connectivity index (χ1n) is 24.6. The number of aliphatic hydroxyl groups is 3. The van der Waals surface area contributed by atoms with Crippen LogP contribution in [0.15, 0.2) is 24.3 Å². The molecule has 67 heavy (non-hydrogen) atoms. The van der Waals surface area contributed by atoms with Crippen LogP contribution in [0.2, 0.25) is 0 Å². The lowest BCUT2D eigenvalue weighted by atomic mass is 9.85. The van der Waals surface area contributed by atoms with Gasteiger partial charge in [-0.3, -0.25) is 27.7 Å². The van der Waals surface area contributed by atoms with Crippen molar-refractivity contribution in [2.45, 2.75) is 236 Å². The van der Waals surface area contributed by atoms with Crippen LogP contribution in [0.5, 0.6) is 0 Å². The second-order valence-corrected chi connectivity index (χ2v) is 21.2. The molecule has 1 fully saturated rings. The van der Waals surface area contributed by atoms with Crippen molar-refractivity contribution in [2.24, 2.45) is 0 Å². The van der Waals surface area contributed by atoms with Crippen LogP contribution in [-0.2, 0) is 50.9 Å². The Morgan fingerprint density at radius 2 is 0.821 bits per heavy atom. The maximum atomic E-state index is 13.1. The van der Waals surface area contributed by atoms with E-state index in [0.717, 1.165) is 77.0 Å². The summed E-state index contributed by atoms with van der Waals surface area (Å²) in [7, 11) is -16.6. The summed E-state index contributed by atoms with van der Waals surface area (Å²) < 4.78 is 65.5. The minimum Gasteiger partial charge on any atom is -0.462 e. The molecular weight excluding hydrogens is 937 g/mol. The first-order chi connectivity index (χ1) is 31.8. The van der Waals surface area contributed by atoms with E-state index in [4.69, 9.17) is 18.5 Å². The minimum atomic E-state index is -5.60. The molecule has 0 aromatic carbocycles. The van der Waals surface area contributed by atoms with E-state index in [-0.39, 0.29) is 12.8 Å². The van der Waals surface area contributed by atoms with E-state index >= 15 is 0 Å². The molecule has 8 unspecified atom stereocenters. The number of aliphatic hydroxyl groups excluding tert-OH is 3. The summed E-state index contributed by atoms with van der Waals surface area (Å²) in [6, 6.07) is 0. The van der Waals surface area contributed by atoms with Gasteiger partial charge in [0.2, 0.25) is 0 Å². The van der Waals surface area contributed by atoms with Crippen molar-refractivity contribution in [3.63, 3.8) is 0 Å². The van der Waals surface area contributed by atoms with Gasteiger partial charge < -0.3 is 49.3 Å². The lowest BCUT2D eigenvalue weighted by Gasteiger charge is -2.44. The molecule has 1 aliphatic rings. The third kappa shape index (κ3) is 33.8. The number of allylic oxidation sites excluding steroid dienone is 4. The van der Waals surface area contributed by atoms with Crippen LogP contribution in [0.25, 0.3) is 0 Å². The lowest BCUT2D eigenvalue weighted by Crippen LogP contribution is -2.65.